The molecule has 0 heterocycles. The molecule has 0 aromatic carbocycles. The van der Waals surface area contributed by atoms with Crippen LogP contribution in [0, 0.1) is 0 Å². The van der Waals surface area contributed by atoms with Gasteiger partial charge in [-0.2, -0.15) is 0 Å². The van der Waals surface area contributed by atoms with Crippen LogP contribution in [0.5, 0.6) is 0 Å². The van der Waals surface area contributed by atoms with E-state index < -0.39 is 7.60 Å². The number of allylic oxidation sites excluding steroid dienone is 1. The largest absolute Gasteiger partial charge is 0.392 e. The van der Waals surface area contributed by atoms with Crippen LogP contribution in [0.1, 0.15) is 40.0 Å². The molecular weight excluding hydrogens is 255 g/mol. The van der Waals surface area contributed by atoms with Crippen LogP contribution in [0.4, 0.5) is 0 Å². The molecule has 2 unspecified atom stereocenters. The molecule has 0 radical (unpaired) electrons. The summed E-state index contributed by atoms with van der Waals surface area (Å²) in [5.41, 5.74) is 0.676. The highest BCUT2D eigenvalue weighted by atomic mass is 31.2. The van der Waals surface area contributed by atoms with Crippen molar-refractivity contribution in [2.75, 3.05) is 19.6 Å². The molecule has 6 heteroatoms. The molecule has 2 atom stereocenters. The summed E-state index contributed by atoms with van der Waals surface area (Å²) in [6.07, 6.45) is 3.55. The van der Waals surface area contributed by atoms with Gasteiger partial charge < -0.3 is 19.3 Å². The van der Waals surface area contributed by atoms with Crippen molar-refractivity contribution in [2.45, 2.75) is 46.1 Å². The zero-order valence-electron chi connectivity index (χ0n) is 11.5. The summed E-state index contributed by atoms with van der Waals surface area (Å²) in [4.78, 5) is 9.63. The lowest BCUT2D eigenvalue weighted by Crippen LogP contribution is -2.12. The highest BCUT2D eigenvalue weighted by Crippen LogP contribution is 2.44. The first-order valence-corrected chi connectivity index (χ1v) is 8.08. The van der Waals surface area contributed by atoms with E-state index in [4.69, 9.17) is 14.4 Å². The molecular formula is C12H25O5P. The molecule has 0 rings (SSSR count). The van der Waals surface area contributed by atoms with E-state index in [1.165, 1.54) is 0 Å². The number of ether oxygens (including phenoxy) is 1. The minimum atomic E-state index is -3.70. The molecule has 0 fully saturated rings. The van der Waals surface area contributed by atoms with E-state index in [1.54, 1.807) is 13.0 Å². The van der Waals surface area contributed by atoms with Gasteiger partial charge >= 0.3 is 7.60 Å². The van der Waals surface area contributed by atoms with Crippen molar-refractivity contribution in [1.29, 1.82) is 0 Å². The van der Waals surface area contributed by atoms with Crippen molar-refractivity contribution in [1.82, 2.24) is 0 Å². The van der Waals surface area contributed by atoms with Crippen molar-refractivity contribution < 1.29 is 23.8 Å². The van der Waals surface area contributed by atoms with Crippen LogP contribution in [0.3, 0.4) is 0 Å². The molecule has 0 saturated carbocycles. The van der Waals surface area contributed by atoms with Crippen molar-refractivity contribution >= 4 is 7.60 Å². The molecule has 0 amide bonds. The highest BCUT2D eigenvalue weighted by Gasteiger charge is 2.24. The third kappa shape index (κ3) is 8.01. The van der Waals surface area contributed by atoms with Gasteiger partial charge in [0.25, 0.3) is 0 Å². The van der Waals surface area contributed by atoms with Crippen LogP contribution in [-0.4, -0.2) is 35.7 Å². The van der Waals surface area contributed by atoms with E-state index in [1.807, 2.05) is 13.8 Å². The topological polar surface area (TPSA) is 76.0 Å². The maximum absolute atomic E-state index is 11.7. The third-order valence-electron chi connectivity index (χ3n) is 2.53. The van der Waals surface area contributed by atoms with Gasteiger partial charge in [0.1, 0.15) is 6.35 Å². The van der Waals surface area contributed by atoms with Gasteiger partial charge in [-0.05, 0) is 25.3 Å². The quantitative estimate of drug-likeness (QED) is 0.475. The molecule has 0 saturated heterocycles. The second-order valence-corrected chi connectivity index (χ2v) is 5.89. The van der Waals surface area contributed by atoms with Gasteiger partial charge in [-0.15, -0.1) is 0 Å². The Morgan fingerprint density at radius 1 is 1.44 bits per heavy atom. The Kier molecular flexibility index (Phi) is 9.60. The second kappa shape index (κ2) is 9.70. The first kappa shape index (κ1) is 17.8. The molecule has 0 aliphatic heterocycles. The van der Waals surface area contributed by atoms with Crippen LogP contribution in [-0.2, 0) is 13.8 Å². The lowest BCUT2D eigenvalue weighted by molar-refractivity contribution is 0.121. The summed E-state index contributed by atoms with van der Waals surface area (Å²) in [6.45, 7) is 5.74. The number of hydrogen-bond donors (Lipinski definition) is 2. The van der Waals surface area contributed by atoms with Crippen LogP contribution >= 0.6 is 7.60 Å². The monoisotopic (exact) mass is 280 g/mol. The summed E-state index contributed by atoms with van der Waals surface area (Å²) < 4.78 is 22.0. The molecule has 0 bridgehead atoms. The summed E-state index contributed by atoms with van der Waals surface area (Å²) >= 11 is 0. The molecule has 0 aromatic rings. The SMILES string of the molecule is CC=C(CO)COCP(=O)(O)OC(CC)CCC. The molecule has 18 heavy (non-hydrogen) atoms. The fraction of sp³-hybridized carbons (Fsp3) is 0.833. The predicted octanol–water partition coefficient (Wildman–Crippen LogP) is 2.68. The fourth-order valence-corrected chi connectivity index (χ4v) is 2.53. The maximum atomic E-state index is 11.7. The van der Waals surface area contributed by atoms with Gasteiger partial charge in [-0.3, -0.25) is 4.57 Å². The Hall–Kier alpha value is -0.190. The minimum absolute atomic E-state index is 0.111. The zero-order valence-corrected chi connectivity index (χ0v) is 12.4. The van der Waals surface area contributed by atoms with E-state index in [0.29, 0.717) is 12.0 Å². The summed E-state index contributed by atoms with van der Waals surface area (Å²) in [5, 5.41) is 8.90. The first-order valence-electron chi connectivity index (χ1n) is 6.31. The number of aliphatic hydroxyl groups is 1. The Bertz CT molecular complexity index is 290. The summed E-state index contributed by atoms with van der Waals surface area (Å²) in [6, 6.07) is 0. The molecule has 0 spiro atoms. The van der Waals surface area contributed by atoms with E-state index in [2.05, 4.69) is 0 Å². The van der Waals surface area contributed by atoms with E-state index in [0.717, 1.165) is 12.8 Å². The molecule has 108 valence electrons. The second-order valence-electron chi connectivity index (χ2n) is 4.14. The zero-order chi connectivity index (χ0) is 14.0. The average Bonchev–Trinajstić information content (AvgIpc) is 2.33. The van der Waals surface area contributed by atoms with Gasteiger partial charge in [0.05, 0.1) is 19.3 Å². The molecule has 5 nitrogen and oxygen atoms in total. The van der Waals surface area contributed by atoms with Gasteiger partial charge in [-0.25, -0.2) is 0 Å². The lowest BCUT2D eigenvalue weighted by Gasteiger charge is -2.19. The normalized spacial score (nSPS) is 17.5. The summed E-state index contributed by atoms with van der Waals surface area (Å²) in [5.74, 6) is 0. The highest BCUT2D eigenvalue weighted by molar-refractivity contribution is 7.52. The molecule has 0 aromatic heterocycles. The fourth-order valence-electron chi connectivity index (χ4n) is 1.43. The number of hydrogen-bond acceptors (Lipinski definition) is 4. The smallest absolute Gasteiger partial charge is 0.353 e. The van der Waals surface area contributed by atoms with Crippen molar-refractivity contribution in [2.24, 2.45) is 0 Å². The van der Waals surface area contributed by atoms with E-state index in [9.17, 15) is 9.46 Å². The third-order valence-corrected chi connectivity index (χ3v) is 3.67. The van der Waals surface area contributed by atoms with Gasteiger partial charge in [0, 0.05) is 0 Å². The van der Waals surface area contributed by atoms with Crippen molar-refractivity contribution in [3.05, 3.63) is 11.6 Å². The van der Waals surface area contributed by atoms with Crippen molar-refractivity contribution in [3.63, 3.8) is 0 Å². The Labute approximate surface area is 109 Å². The predicted molar refractivity (Wildman–Crippen MR) is 71.6 cm³/mol. The standard InChI is InChI=1S/C12H25O5P/c1-4-7-12(6-3)17-18(14,15)10-16-9-11(5-2)8-13/h5,12-13H,4,6-10H2,1-3H3,(H,14,15). The Morgan fingerprint density at radius 3 is 2.56 bits per heavy atom. The van der Waals surface area contributed by atoms with Crippen LogP contribution in [0.15, 0.2) is 11.6 Å². The molecule has 2 N–H and O–H groups in total. The number of rotatable bonds is 10. The Balaban J connectivity index is 4.10. The lowest BCUT2D eigenvalue weighted by atomic mass is 10.2. The van der Waals surface area contributed by atoms with Gasteiger partial charge in [-0.1, -0.05) is 26.3 Å². The Morgan fingerprint density at radius 2 is 2.11 bits per heavy atom. The minimum Gasteiger partial charge on any atom is -0.392 e. The van der Waals surface area contributed by atoms with E-state index >= 15 is 0 Å². The number of aliphatic hydroxyl groups excluding tert-OH is 1. The molecule has 0 aliphatic rings. The van der Waals surface area contributed by atoms with E-state index in [-0.39, 0.29) is 25.7 Å². The average molecular weight is 280 g/mol. The van der Waals surface area contributed by atoms with Gasteiger partial charge in [0.2, 0.25) is 0 Å². The van der Waals surface area contributed by atoms with Gasteiger partial charge in [0.15, 0.2) is 0 Å². The maximum Gasteiger partial charge on any atom is 0.353 e. The van der Waals surface area contributed by atoms with Crippen LogP contribution in [0.2, 0.25) is 0 Å². The molecule has 0 aliphatic carbocycles. The summed E-state index contributed by atoms with van der Waals surface area (Å²) in [7, 11) is -3.70. The van der Waals surface area contributed by atoms with Crippen LogP contribution in [0.25, 0.3) is 0 Å². The van der Waals surface area contributed by atoms with Crippen molar-refractivity contribution in [3.8, 4) is 0 Å². The van der Waals surface area contributed by atoms with Crippen LogP contribution < -0.4 is 0 Å². The first-order chi connectivity index (χ1) is 8.49.